The summed E-state index contributed by atoms with van der Waals surface area (Å²) >= 11 is 0. The molecule has 1 aromatic heterocycles. The van der Waals surface area contributed by atoms with Gasteiger partial charge in [-0.05, 0) is 30.3 Å². The maximum absolute atomic E-state index is 12.5. The summed E-state index contributed by atoms with van der Waals surface area (Å²) < 4.78 is 0. The van der Waals surface area contributed by atoms with Crippen molar-refractivity contribution in [3.05, 3.63) is 72.2 Å². The van der Waals surface area contributed by atoms with E-state index < -0.39 is 5.91 Å². The number of nitrogens with one attached hydrogen (secondary N) is 3. The Balaban J connectivity index is 1.76. The molecule has 138 valence electrons. The second-order valence-electron chi connectivity index (χ2n) is 5.79. The van der Waals surface area contributed by atoms with Crippen molar-refractivity contribution >= 4 is 34.7 Å². The molecule has 3 aromatic rings. The number of hydrogen-bond acceptors (Lipinski definition) is 6. The SMILES string of the molecule is CC(=O)Nc1cccc(Nc2cc(C(=O)Nc3ccccc3C#N)ncn2)c1. The van der Waals surface area contributed by atoms with Crippen molar-refractivity contribution in [3.8, 4) is 6.07 Å². The molecule has 0 aliphatic heterocycles. The number of rotatable bonds is 5. The van der Waals surface area contributed by atoms with Crippen LogP contribution in [0, 0.1) is 11.3 Å². The zero-order valence-electron chi connectivity index (χ0n) is 14.9. The number of nitriles is 1. The average molecular weight is 372 g/mol. The van der Waals surface area contributed by atoms with Crippen molar-refractivity contribution in [3.63, 3.8) is 0 Å². The third-order valence-corrected chi connectivity index (χ3v) is 3.65. The van der Waals surface area contributed by atoms with Crippen LogP contribution in [-0.4, -0.2) is 21.8 Å². The van der Waals surface area contributed by atoms with Gasteiger partial charge in [0.1, 0.15) is 23.9 Å². The summed E-state index contributed by atoms with van der Waals surface area (Å²) in [5.74, 6) is -0.218. The maximum atomic E-state index is 12.5. The summed E-state index contributed by atoms with van der Waals surface area (Å²) in [5.41, 5.74) is 2.23. The lowest BCUT2D eigenvalue weighted by Gasteiger charge is -2.10. The van der Waals surface area contributed by atoms with Gasteiger partial charge >= 0.3 is 0 Å². The molecular formula is C20H16N6O2. The highest BCUT2D eigenvalue weighted by atomic mass is 16.2. The van der Waals surface area contributed by atoms with Gasteiger partial charge in [0.25, 0.3) is 5.91 Å². The Bertz CT molecular complexity index is 1070. The van der Waals surface area contributed by atoms with Gasteiger partial charge < -0.3 is 16.0 Å². The topological polar surface area (TPSA) is 120 Å². The van der Waals surface area contributed by atoms with Crippen LogP contribution >= 0.6 is 0 Å². The fourth-order valence-electron chi connectivity index (χ4n) is 2.45. The van der Waals surface area contributed by atoms with E-state index in [-0.39, 0.29) is 11.6 Å². The number of nitrogens with zero attached hydrogens (tertiary/aromatic N) is 3. The van der Waals surface area contributed by atoms with Gasteiger partial charge in [-0.1, -0.05) is 18.2 Å². The molecule has 8 nitrogen and oxygen atoms in total. The lowest BCUT2D eigenvalue weighted by molar-refractivity contribution is -0.114. The average Bonchev–Trinajstić information content (AvgIpc) is 2.68. The third-order valence-electron chi connectivity index (χ3n) is 3.65. The number of para-hydroxylation sites is 1. The number of carbonyl (C=O) groups is 2. The summed E-state index contributed by atoms with van der Waals surface area (Å²) in [6, 6.07) is 17.3. The van der Waals surface area contributed by atoms with Crippen molar-refractivity contribution in [1.82, 2.24) is 9.97 Å². The first kappa shape index (κ1) is 18.5. The third kappa shape index (κ3) is 4.68. The fraction of sp³-hybridized carbons (Fsp3) is 0.0500. The standard InChI is InChI=1S/C20H16N6O2/c1-13(27)24-15-6-4-7-16(9-15)25-19-10-18(22-12-23-19)20(28)26-17-8-3-2-5-14(17)11-21/h2-10,12H,1H3,(H,24,27)(H,26,28)(H,22,23,25). The normalized spacial score (nSPS) is 9.86. The first-order valence-electron chi connectivity index (χ1n) is 8.32. The highest BCUT2D eigenvalue weighted by Crippen LogP contribution is 2.20. The molecule has 3 N–H and O–H groups in total. The van der Waals surface area contributed by atoms with Gasteiger partial charge in [-0.15, -0.1) is 0 Å². The molecule has 0 atom stereocenters. The minimum Gasteiger partial charge on any atom is -0.340 e. The van der Waals surface area contributed by atoms with Crippen LogP contribution < -0.4 is 16.0 Å². The Morgan fingerprint density at radius 2 is 1.75 bits per heavy atom. The molecule has 28 heavy (non-hydrogen) atoms. The van der Waals surface area contributed by atoms with Gasteiger partial charge in [0.2, 0.25) is 5.91 Å². The van der Waals surface area contributed by atoms with Crippen LogP contribution in [0.1, 0.15) is 23.0 Å². The molecule has 0 aliphatic carbocycles. The number of amides is 2. The molecule has 0 saturated carbocycles. The maximum Gasteiger partial charge on any atom is 0.274 e. The molecule has 0 spiro atoms. The van der Waals surface area contributed by atoms with E-state index in [1.54, 1.807) is 48.5 Å². The van der Waals surface area contributed by atoms with Crippen LogP contribution in [0.2, 0.25) is 0 Å². The van der Waals surface area contributed by atoms with Crippen molar-refractivity contribution in [1.29, 1.82) is 5.26 Å². The molecule has 2 amide bonds. The fourth-order valence-corrected chi connectivity index (χ4v) is 2.45. The van der Waals surface area contributed by atoms with E-state index in [2.05, 4.69) is 25.9 Å². The highest BCUT2D eigenvalue weighted by molar-refractivity contribution is 6.04. The largest absolute Gasteiger partial charge is 0.340 e. The monoisotopic (exact) mass is 372 g/mol. The zero-order chi connectivity index (χ0) is 19.9. The summed E-state index contributed by atoms with van der Waals surface area (Å²) in [6.07, 6.45) is 1.27. The van der Waals surface area contributed by atoms with Crippen LogP contribution in [0.15, 0.2) is 60.9 Å². The first-order valence-corrected chi connectivity index (χ1v) is 8.32. The van der Waals surface area contributed by atoms with E-state index in [1.807, 2.05) is 6.07 Å². The van der Waals surface area contributed by atoms with Gasteiger partial charge in [0, 0.05) is 24.4 Å². The van der Waals surface area contributed by atoms with Crippen molar-refractivity contribution < 1.29 is 9.59 Å². The van der Waals surface area contributed by atoms with E-state index in [0.717, 1.165) is 0 Å². The molecule has 0 aliphatic rings. The Hall–Kier alpha value is -4.25. The first-order chi connectivity index (χ1) is 13.5. The van der Waals surface area contributed by atoms with E-state index in [0.29, 0.717) is 28.4 Å². The smallest absolute Gasteiger partial charge is 0.274 e. The summed E-state index contributed by atoms with van der Waals surface area (Å²) in [4.78, 5) is 31.8. The zero-order valence-corrected chi connectivity index (χ0v) is 14.9. The van der Waals surface area contributed by atoms with Crippen LogP contribution in [0.4, 0.5) is 22.9 Å². The molecule has 8 heteroatoms. The van der Waals surface area contributed by atoms with Crippen molar-refractivity contribution in [2.75, 3.05) is 16.0 Å². The second kappa shape index (κ2) is 8.42. The highest BCUT2D eigenvalue weighted by Gasteiger charge is 2.11. The van der Waals surface area contributed by atoms with Gasteiger partial charge in [0.15, 0.2) is 0 Å². The summed E-state index contributed by atoms with van der Waals surface area (Å²) in [5, 5.41) is 17.6. The second-order valence-corrected chi connectivity index (χ2v) is 5.79. The molecule has 0 bridgehead atoms. The summed E-state index contributed by atoms with van der Waals surface area (Å²) in [6.45, 7) is 1.43. The predicted molar refractivity (Wildman–Crippen MR) is 105 cm³/mol. The molecule has 0 fully saturated rings. The Morgan fingerprint density at radius 1 is 0.964 bits per heavy atom. The Labute approximate surface area is 161 Å². The molecule has 0 radical (unpaired) electrons. The Kier molecular flexibility index (Phi) is 5.58. The quantitative estimate of drug-likeness (QED) is 0.632. The van der Waals surface area contributed by atoms with Gasteiger partial charge in [-0.2, -0.15) is 5.26 Å². The van der Waals surface area contributed by atoms with Gasteiger partial charge in [0.05, 0.1) is 11.3 Å². The lowest BCUT2D eigenvalue weighted by atomic mass is 10.2. The molecular weight excluding hydrogens is 356 g/mol. The number of aromatic nitrogens is 2. The van der Waals surface area contributed by atoms with Crippen LogP contribution in [-0.2, 0) is 4.79 Å². The molecule has 3 rings (SSSR count). The molecule has 0 saturated heterocycles. The molecule has 0 unspecified atom stereocenters. The van der Waals surface area contributed by atoms with E-state index in [4.69, 9.17) is 5.26 Å². The number of hydrogen-bond donors (Lipinski definition) is 3. The summed E-state index contributed by atoms with van der Waals surface area (Å²) in [7, 11) is 0. The predicted octanol–water partition coefficient (Wildman–Crippen LogP) is 3.30. The van der Waals surface area contributed by atoms with E-state index >= 15 is 0 Å². The van der Waals surface area contributed by atoms with Crippen molar-refractivity contribution in [2.24, 2.45) is 0 Å². The van der Waals surface area contributed by atoms with Crippen LogP contribution in [0.3, 0.4) is 0 Å². The lowest BCUT2D eigenvalue weighted by Crippen LogP contribution is -2.15. The number of carbonyl (C=O) groups excluding carboxylic acids is 2. The molecule has 1 heterocycles. The number of anilines is 4. The van der Waals surface area contributed by atoms with E-state index in [1.165, 1.54) is 19.3 Å². The van der Waals surface area contributed by atoms with Crippen LogP contribution in [0.5, 0.6) is 0 Å². The van der Waals surface area contributed by atoms with Crippen molar-refractivity contribution in [2.45, 2.75) is 6.92 Å². The minimum atomic E-state index is -0.458. The van der Waals surface area contributed by atoms with Gasteiger partial charge in [-0.3, -0.25) is 9.59 Å². The minimum absolute atomic E-state index is 0.142. The molecule has 2 aromatic carbocycles. The Morgan fingerprint density at radius 3 is 2.54 bits per heavy atom. The van der Waals surface area contributed by atoms with Gasteiger partial charge in [-0.25, -0.2) is 9.97 Å². The number of benzene rings is 2. The van der Waals surface area contributed by atoms with Crippen LogP contribution in [0.25, 0.3) is 0 Å². The van der Waals surface area contributed by atoms with E-state index in [9.17, 15) is 9.59 Å².